The Morgan fingerprint density at radius 2 is 1.62 bits per heavy atom. The van der Waals surface area contributed by atoms with Gasteiger partial charge in [0.15, 0.2) is 0 Å². The molecule has 0 heterocycles. The Morgan fingerprint density at radius 1 is 1.05 bits per heavy atom. The van der Waals surface area contributed by atoms with E-state index in [1.807, 2.05) is 13.8 Å². The number of benzene rings is 2. The van der Waals surface area contributed by atoms with Crippen LogP contribution < -0.4 is 5.32 Å². The minimum atomic E-state index is -0.164. The largest absolute Gasteiger partial charge is 0.310 e. The average Bonchev–Trinajstić information content (AvgIpc) is 2.44. The summed E-state index contributed by atoms with van der Waals surface area (Å²) < 4.78 is 13.4. The minimum Gasteiger partial charge on any atom is -0.310 e. The molecule has 0 aliphatic heterocycles. The SMILES string of the molecule is CCCNC(C)c1ccc(-c2c(C)cc(F)cc2C)cc1. The van der Waals surface area contributed by atoms with Gasteiger partial charge in [-0.2, -0.15) is 0 Å². The van der Waals surface area contributed by atoms with Crippen LogP contribution >= 0.6 is 0 Å². The summed E-state index contributed by atoms with van der Waals surface area (Å²) in [6.45, 7) is 9.30. The van der Waals surface area contributed by atoms with Crippen LogP contribution in [0.25, 0.3) is 11.1 Å². The van der Waals surface area contributed by atoms with Crippen molar-refractivity contribution in [2.24, 2.45) is 0 Å². The first-order valence-corrected chi connectivity index (χ1v) is 7.63. The summed E-state index contributed by atoms with van der Waals surface area (Å²) in [6.07, 6.45) is 1.14. The molecule has 0 aromatic heterocycles. The van der Waals surface area contributed by atoms with Gasteiger partial charge in [-0.25, -0.2) is 4.39 Å². The van der Waals surface area contributed by atoms with Crippen LogP contribution in [0.1, 0.15) is 43.0 Å². The van der Waals surface area contributed by atoms with Gasteiger partial charge in [0.05, 0.1) is 0 Å². The second kappa shape index (κ2) is 6.86. The van der Waals surface area contributed by atoms with Gasteiger partial charge in [0.2, 0.25) is 0 Å². The normalized spacial score (nSPS) is 12.4. The van der Waals surface area contributed by atoms with Gasteiger partial charge in [0.25, 0.3) is 0 Å². The van der Waals surface area contributed by atoms with E-state index in [1.54, 1.807) is 12.1 Å². The molecule has 0 bridgehead atoms. The molecule has 0 amide bonds. The molecule has 0 aliphatic rings. The highest BCUT2D eigenvalue weighted by Gasteiger charge is 2.09. The third-order valence-electron chi connectivity index (χ3n) is 3.90. The Labute approximate surface area is 127 Å². The monoisotopic (exact) mass is 285 g/mol. The molecule has 0 fully saturated rings. The van der Waals surface area contributed by atoms with Crippen molar-refractivity contribution in [1.82, 2.24) is 5.32 Å². The van der Waals surface area contributed by atoms with Crippen LogP contribution in [0.2, 0.25) is 0 Å². The lowest BCUT2D eigenvalue weighted by Crippen LogP contribution is -2.19. The van der Waals surface area contributed by atoms with Crippen LogP contribution in [-0.2, 0) is 0 Å². The number of hydrogen-bond acceptors (Lipinski definition) is 1. The molecular formula is C19H24FN. The summed E-state index contributed by atoms with van der Waals surface area (Å²) in [7, 11) is 0. The second-order valence-corrected chi connectivity index (χ2v) is 5.71. The molecule has 1 unspecified atom stereocenters. The Hall–Kier alpha value is -1.67. The molecule has 0 aliphatic carbocycles. The Kier molecular flexibility index (Phi) is 5.13. The molecule has 112 valence electrons. The van der Waals surface area contributed by atoms with Crippen LogP contribution in [0.5, 0.6) is 0 Å². The molecule has 2 aromatic rings. The van der Waals surface area contributed by atoms with E-state index in [-0.39, 0.29) is 5.82 Å². The van der Waals surface area contributed by atoms with Gasteiger partial charge >= 0.3 is 0 Å². The third-order valence-corrected chi connectivity index (χ3v) is 3.90. The van der Waals surface area contributed by atoms with Gasteiger partial charge in [0.1, 0.15) is 5.82 Å². The molecule has 0 spiro atoms. The fraction of sp³-hybridized carbons (Fsp3) is 0.368. The predicted octanol–water partition coefficient (Wildman–Crippen LogP) is 5.17. The highest BCUT2D eigenvalue weighted by Crippen LogP contribution is 2.29. The van der Waals surface area contributed by atoms with E-state index in [4.69, 9.17) is 0 Å². The molecule has 0 saturated carbocycles. The van der Waals surface area contributed by atoms with Gasteiger partial charge in [-0.15, -0.1) is 0 Å². The quantitative estimate of drug-likeness (QED) is 0.799. The average molecular weight is 285 g/mol. The van der Waals surface area contributed by atoms with E-state index in [9.17, 15) is 4.39 Å². The molecule has 2 aromatic carbocycles. The van der Waals surface area contributed by atoms with E-state index >= 15 is 0 Å². The van der Waals surface area contributed by atoms with Gasteiger partial charge in [0, 0.05) is 6.04 Å². The molecule has 0 saturated heterocycles. The van der Waals surface area contributed by atoms with Crippen LogP contribution in [0.4, 0.5) is 4.39 Å². The van der Waals surface area contributed by atoms with Crippen molar-refractivity contribution in [3.63, 3.8) is 0 Å². The molecule has 2 rings (SSSR count). The Morgan fingerprint density at radius 3 is 2.14 bits per heavy atom. The van der Waals surface area contributed by atoms with Gasteiger partial charge in [-0.05, 0) is 73.7 Å². The fourth-order valence-corrected chi connectivity index (χ4v) is 2.78. The zero-order valence-electron chi connectivity index (χ0n) is 13.3. The van der Waals surface area contributed by atoms with Gasteiger partial charge in [-0.1, -0.05) is 31.2 Å². The fourth-order valence-electron chi connectivity index (χ4n) is 2.78. The number of rotatable bonds is 5. The van der Waals surface area contributed by atoms with Crippen LogP contribution in [0.3, 0.4) is 0 Å². The smallest absolute Gasteiger partial charge is 0.123 e. The molecule has 2 heteroatoms. The number of nitrogens with one attached hydrogen (secondary N) is 1. The lowest BCUT2D eigenvalue weighted by molar-refractivity contribution is 0.571. The topological polar surface area (TPSA) is 12.0 Å². The van der Waals surface area contributed by atoms with Crippen molar-refractivity contribution >= 4 is 0 Å². The number of hydrogen-bond donors (Lipinski definition) is 1. The van der Waals surface area contributed by atoms with Crippen molar-refractivity contribution in [3.05, 3.63) is 58.9 Å². The maximum absolute atomic E-state index is 13.4. The van der Waals surface area contributed by atoms with Gasteiger partial charge in [-0.3, -0.25) is 0 Å². The van der Waals surface area contributed by atoms with Gasteiger partial charge < -0.3 is 5.32 Å². The molecular weight excluding hydrogens is 261 g/mol. The second-order valence-electron chi connectivity index (χ2n) is 5.71. The van der Waals surface area contributed by atoms with Crippen molar-refractivity contribution in [3.8, 4) is 11.1 Å². The van der Waals surface area contributed by atoms with Crippen molar-refractivity contribution < 1.29 is 4.39 Å². The number of aryl methyl sites for hydroxylation is 2. The molecule has 21 heavy (non-hydrogen) atoms. The van der Waals surface area contributed by atoms with Crippen molar-refractivity contribution in [2.45, 2.75) is 40.2 Å². The summed E-state index contributed by atoms with van der Waals surface area (Å²) in [4.78, 5) is 0. The summed E-state index contributed by atoms with van der Waals surface area (Å²) in [5, 5.41) is 3.49. The molecule has 1 atom stereocenters. The Bertz CT molecular complexity index is 578. The molecule has 0 radical (unpaired) electrons. The standard InChI is InChI=1S/C19H24FN/c1-5-10-21-15(4)16-6-8-17(9-7-16)19-13(2)11-18(20)12-14(19)3/h6-9,11-12,15,21H,5,10H2,1-4H3. The number of halogens is 1. The summed E-state index contributed by atoms with van der Waals surface area (Å²) in [6, 6.07) is 12.1. The molecule has 1 N–H and O–H groups in total. The maximum atomic E-state index is 13.4. The minimum absolute atomic E-state index is 0.164. The first-order chi connectivity index (χ1) is 10.0. The van der Waals surface area contributed by atoms with Crippen LogP contribution in [0.15, 0.2) is 36.4 Å². The third kappa shape index (κ3) is 3.70. The van der Waals surface area contributed by atoms with Crippen molar-refractivity contribution in [1.29, 1.82) is 0 Å². The van der Waals surface area contributed by atoms with E-state index in [0.717, 1.165) is 35.2 Å². The summed E-state index contributed by atoms with van der Waals surface area (Å²) in [5.74, 6) is -0.164. The lowest BCUT2D eigenvalue weighted by Gasteiger charge is -2.15. The van der Waals surface area contributed by atoms with Crippen molar-refractivity contribution in [2.75, 3.05) is 6.54 Å². The van der Waals surface area contributed by atoms with E-state index in [2.05, 4.69) is 43.4 Å². The highest BCUT2D eigenvalue weighted by atomic mass is 19.1. The van der Waals surface area contributed by atoms with Crippen LogP contribution in [-0.4, -0.2) is 6.54 Å². The predicted molar refractivity (Wildman–Crippen MR) is 88.0 cm³/mol. The van der Waals surface area contributed by atoms with Crippen LogP contribution in [0, 0.1) is 19.7 Å². The molecule has 1 nitrogen and oxygen atoms in total. The zero-order chi connectivity index (χ0) is 15.4. The summed E-state index contributed by atoms with van der Waals surface area (Å²) >= 11 is 0. The first-order valence-electron chi connectivity index (χ1n) is 7.63. The Balaban J connectivity index is 2.27. The van der Waals surface area contributed by atoms with E-state index in [1.165, 1.54) is 5.56 Å². The zero-order valence-corrected chi connectivity index (χ0v) is 13.3. The van der Waals surface area contributed by atoms with E-state index < -0.39 is 0 Å². The first kappa shape index (κ1) is 15.7. The van der Waals surface area contributed by atoms with E-state index in [0.29, 0.717) is 6.04 Å². The highest BCUT2D eigenvalue weighted by molar-refractivity contribution is 5.71. The lowest BCUT2D eigenvalue weighted by atomic mass is 9.94. The maximum Gasteiger partial charge on any atom is 0.123 e. The summed E-state index contributed by atoms with van der Waals surface area (Å²) in [5.41, 5.74) is 5.54.